The van der Waals surface area contributed by atoms with Crippen molar-refractivity contribution < 1.29 is 37.5 Å². The summed E-state index contributed by atoms with van der Waals surface area (Å²) >= 11 is 3.08. The molecule has 156 valence electrons. The lowest BCUT2D eigenvalue weighted by Gasteiger charge is -2.41. The molecule has 0 saturated carbocycles. The van der Waals surface area contributed by atoms with Crippen LogP contribution in [0.4, 0.5) is 27.8 Å². The van der Waals surface area contributed by atoms with Crippen molar-refractivity contribution in [2.45, 2.75) is 18.1 Å². The number of hydrogen-bond donors (Lipinski definition) is 0. The smallest absolute Gasteiger partial charge is 0.418 e. The average Bonchev–Trinajstić information content (AvgIpc) is 3.01. The maximum Gasteiger partial charge on any atom is 0.418 e. The first kappa shape index (κ1) is 18.9. The van der Waals surface area contributed by atoms with Crippen molar-refractivity contribution in [3.8, 4) is 11.5 Å². The quantitative estimate of drug-likeness (QED) is 0.590. The molecule has 29 heavy (non-hydrogen) atoms. The van der Waals surface area contributed by atoms with E-state index in [4.69, 9.17) is 15.6 Å². The number of nitrogens with zero attached hydrogens (tertiary/aromatic N) is 2. The van der Waals surface area contributed by atoms with Crippen molar-refractivity contribution in [1.29, 1.82) is 0 Å². The minimum Gasteiger partial charge on any atom is -0.490 e. The molecule has 0 amide bonds. The van der Waals surface area contributed by atoms with Gasteiger partial charge >= 0.3 is 6.18 Å². The van der Waals surface area contributed by atoms with E-state index in [0.29, 0.717) is 17.8 Å². The Kier molecular flexibility index (Phi) is 4.73. The molecule has 0 radical (unpaired) electrons. The molecule has 1 fully saturated rings. The van der Waals surface area contributed by atoms with Crippen molar-refractivity contribution >= 4 is 21.7 Å². The fourth-order valence-electron chi connectivity index (χ4n) is 3.51. The molecule has 2 aromatic rings. The Hall–Kier alpha value is -2.14. The van der Waals surface area contributed by atoms with Crippen LogP contribution in [0, 0.1) is 5.82 Å². The largest absolute Gasteiger partial charge is 0.490 e. The van der Waals surface area contributed by atoms with E-state index in [1.165, 1.54) is 11.0 Å². The molecule has 0 bridgehead atoms. The van der Waals surface area contributed by atoms with Gasteiger partial charge in [-0.3, -0.25) is 0 Å². The van der Waals surface area contributed by atoms with Gasteiger partial charge in [0.25, 0.3) is 0 Å². The summed E-state index contributed by atoms with van der Waals surface area (Å²) in [5.41, 5.74) is -1.95. The zero-order valence-electron chi connectivity index (χ0n) is 15.6. The van der Waals surface area contributed by atoms with Gasteiger partial charge in [0.15, 0.2) is 23.1 Å². The molecule has 1 aromatic heterocycles. The summed E-state index contributed by atoms with van der Waals surface area (Å²) in [4.78, 5) is 5.10. The Bertz CT molecular complexity index is 980. The highest BCUT2D eigenvalue weighted by molar-refractivity contribution is 9.10. The predicted molar refractivity (Wildman–Crippen MR) is 95.0 cm³/mol. The molecule has 2 atom stereocenters. The Labute approximate surface area is 171 Å². The summed E-state index contributed by atoms with van der Waals surface area (Å²) in [6, 6.07) is 3.65. The topological polar surface area (TPSA) is 43.8 Å². The van der Waals surface area contributed by atoms with Gasteiger partial charge in [-0.1, -0.05) is 6.07 Å². The fourth-order valence-corrected chi connectivity index (χ4v) is 3.82. The highest BCUT2D eigenvalue weighted by atomic mass is 79.9. The number of benzene rings is 1. The summed E-state index contributed by atoms with van der Waals surface area (Å²) in [5, 5.41) is 0. The van der Waals surface area contributed by atoms with Gasteiger partial charge in [-0.15, -0.1) is 0 Å². The summed E-state index contributed by atoms with van der Waals surface area (Å²) in [6.45, 7) is -2.81. The molecular formula is C18H14BrF5N2O3. The van der Waals surface area contributed by atoms with E-state index in [1.54, 1.807) is 6.07 Å². The fraction of sp³-hybridized carbons (Fsp3) is 0.389. The molecule has 2 aliphatic rings. The molecule has 0 aliphatic carbocycles. The third-order valence-electron chi connectivity index (χ3n) is 4.88. The molecular weight excluding hydrogens is 467 g/mol. The Morgan fingerprint density at radius 3 is 2.90 bits per heavy atom. The van der Waals surface area contributed by atoms with Crippen LogP contribution in [0.15, 0.2) is 28.9 Å². The van der Waals surface area contributed by atoms with Crippen molar-refractivity contribution in [1.82, 2.24) is 4.98 Å². The minimum absolute atomic E-state index is 0.0572. The van der Waals surface area contributed by atoms with Gasteiger partial charge in [0.1, 0.15) is 6.71 Å². The highest BCUT2D eigenvalue weighted by Crippen LogP contribution is 2.49. The first-order valence-corrected chi connectivity index (χ1v) is 9.19. The van der Waals surface area contributed by atoms with E-state index in [-0.39, 0.29) is 35.7 Å². The van der Waals surface area contributed by atoms with Crippen LogP contribution in [-0.2, 0) is 16.5 Å². The van der Waals surface area contributed by atoms with Gasteiger partial charge in [-0.2, -0.15) is 13.2 Å². The number of ether oxygens (including phenoxy) is 3. The van der Waals surface area contributed by atoms with Gasteiger partial charge in [-0.05, 0) is 28.1 Å². The minimum atomic E-state index is -4.72. The molecule has 0 N–H and O–H groups in total. The van der Waals surface area contributed by atoms with Crippen molar-refractivity contribution in [2.24, 2.45) is 0 Å². The number of aromatic nitrogens is 1. The van der Waals surface area contributed by atoms with Crippen molar-refractivity contribution in [2.75, 3.05) is 31.7 Å². The van der Waals surface area contributed by atoms with E-state index < -0.39 is 42.4 Å². The molecule has 11 heteroatoms. The molecule has 1 saturated heterocycles. The van der Waals surface area contributed by atoms with Crippen LogP contribution < -0.4 is 14.4 Å². The molecule has 1 spiro atoms. The molecule has 3 heterocycles. The van der Waals surface area contributed by atoms with Gasteiger partial charge in [0, 0.05) is 18.2 Å². The van der Waals surface area contributed by atoms with Crippen LogP contribution in [0.5, 0.6) is 11.5 Å². The van der Waals surface area contributed by atoms with E-state index in [0.717, 1.165) is 0 Å². The lowest BCUT2D eigenvalue weighted by Crippen LogP contribution is -2.47. The van der Waals surface area contributed by atoms with Crippen LogP contribution in [0.2, 0.25) is 0 Å². The van der Waals surface area contributed by atoms with Gasteiger partial charge in [0.2, 0.25) is 6.86 Å². The lowest BCUT2D eigenvalue weighted by atomic mass is 9.84. The Balaban J connectivity index is 1.88. The van der Waals surface area contributed by atoms with Gasteiger partial charge in [-0.25, -0.2) is 13.8 Å². The zero-order valence-corrected chi connectivity index (χ0v) is 16.2. The SMILES string of the molecule is [2H][C@@H]1OCC2(CCOc3c2ccc(Br)c3F)N1c1ncc(C(F)(F)F)cc1OCF. The van der Waals surface area contributed by atoms with Crippen molar-refractivity contribution in [3.05, 3.63) is 45.8 Å². The maximum absolute atomic E-state index is 14.6. The van der Waals surface area contributed by atoms with E-state index in [1.807, 2.05) is 0 Å². The summed E-state index contributed by atoms with van der Waals surface area (Å²) in [7, 11) is 0. The van der Waals surface area contributed by atoms with E-state index in [2.05, 4.69) is 20.9 Å². The third kappa shape index (κ3) is 3.29. The second-order valence-electron chi connectivity index (χ2n) is 6.45. The van der Waals surface area contributed by atoms with Crippen LogP contribution in [-0.4, -0.2) is 31.8 Å². The third-order valence-corrected chi connectivity index (χ3v) is 5.49. The average molecular weight is 482 g/mol. The molecule has 1 aromatic carbocycles. The number of pyridine rings is 1. The van der Waals surface area contributed by atoms with Crippen LogP contribution in [0.1, 0.15) is 18.9 Å². The second-order valence-corrected chi connectivity index (χ2v) is 7.31. The number of halogens is 6. The lowest BCUT2D eigenvalue weighted by molar-refractivity contribution is -0.138. The van der Waals surface area contributed by atoms with Crippen LogP contribution in [0.25, 0.3) is 0 Å². The Morgan fingerprint density at radius 1 is 1.38 bits per heavy atom. The molecule has 5 nitrogen and oxygen atoms in total. The standard InChI is InChI=1S/C18H14BrF5N2O3/c19-12-2-1-11-15(14(12)21)28-4-3-17(11)7-27-9-26(17)16-13(29-8-20)5-10(6-25-16)18(22,23)24/h1-2,5-6H,3-4,7-9H2/i9D/t9-,17?/m0/s1. The number of anilines is 1. The normalized spacial score (nSPS) is 24.3. The second kappa shape index (κ2) is 7.28. The first-order valence-electron chi connectivity index (χ1n) is 8.97. The highest BCUT2D eigenvalue weighted by Gasteiger charge is 2.50. The number of hydrogen-bond acceptors (Lipinski definition) is 5. The summed E-state index contributed by atoms with van der Waals surface area (Å²) in [6.07, 6.45) is -3.92. The zero-order chi connectivity index (χ0) is 21.7. The summed E-state index contributed by atoms with van der Waals surface area (Å²) in [5.74, 6) is -1.42. The summed E-state index contributed by atoms with van der Waals surface area (Å²) < 4.78 is 91.0. The Morgan fingerprint density at radius 2 is 2.17 bits per heavy atom. The van der Waals surface area contributed by atoms with Gasteiger partial charge in [0.05, 0.1) is 30.2 Å². The number of fused-ring (bicyclic) bond motifs is 2. The number of rotatable bonds is 3. The van der Waals surface area contributed by atoms with Crippen molar-refractivity contribution in [3.63, 3.8) is 0 Å². The van der Waals surface area contributed by atoms with E-state index >= 15 is 0 Å². The van der Waals surface area contributed by atoms with Crippen LogP contribution >= 0.6 is 15.9 Å². The molecule has 4 rings (SSSR count). The van der Waals surface area contributed by atoms with Crippen LogP contribution in [0.3, 0.4) is 0 Å². The van der Waals surface area contributed by atoms with Gasteiger partial charge < -0.3 is 19.1 Å². The molecule has 1 unspecified atom stereocenters. The van der Waals surface area contributed by atoms with E-state index in [9.17, 15) is 22.0 Å². The number of alkyl halides is 4. The maximum atomic E-state index is 14.6. The molecule has 2 aliphatic heterocycles. The predicted octanol–water partition coefficient (Wildman–Crippen LogP) is 4.78. The first-order chi connectivity index (χ1) is 14.2. The monoisotopic (exact) mass is 481 g/mol.